The highest BCUT2D eigenvalue weighted by Gasteiger charge is 2.19. The van der Waals surface area contributed by atoms with Crippen molar-refractivity contribution in [2.24, 2.45) is 5.92 Å². The van der Waals surface area contributed by atoms with Gasteiger partial charge in [0.2, 0.25) is 9.76 Å². The normalized spacial score (nSPS) is 11.9. The molecule has 2 radical (unpaired) electrons. The van der Waals surface area contributed by atoms with Crippen molar-refractivity contribution in [2.45, 2.75) is 38.8 Å². The van der Waals surface area contributed by atoms with E-state index in [0.717, 1.165) is 12.0 Å². The molecule has 2 aromatic rings. The summed E-state index contributed by atoms with van der Waals surface area (Å²) >= 11 is 0. The van der Waals surface area contributed by atoms with Crippen molar-refractivity contribution >= 4 is 9.76 Å². The zero-order chi connectivity index (χ0) is 18.1. The van der Waals surface area contributed by atoms with Gasteiger partial charge in [-0.15, -0.1) is 0 Å². The highest BCUT2D eigenvalue weighted by Crippen LogP contribution is 2.24. The second kappa shape index (κ2) is 10.0. The van der Waals surface area contributed by atoms with Crippen LogP contribution < -0.4 is 0 Å². The Hall–Kier alpha value is -2.08. The summed E-state index contributed by atoms with van der Waals surface area (Å²) in [7, 11) is 0.329. The molecule has 1 nitrogen and oxygen atoms in total. The number of rotatable bonds is 7. The lowest BCUT2D eigenvalue weighted by molar-refractivity contribution is 0.237. The van der Waals surface area contributed by atoms with E-state index < -0.39 is 0 Å². The van der Waals surface area contributed by atoms with Gasteiger partial charge in [-0.3, -0.25) is 0 Å². The van der Waals surface area contributed by atoms with Gasteiger partial charge < -0.3 is 4.43 Å². The third kappa shape index (κ3) is 6.74. The highest BCUT2D eigenvalue weighted by molar-refractivity contribution is 6.31. The Morgan fingerprint density at radius 2 is 1.52 bits per heavy atom. The molecule has 0 saturated carbocycles. The van der Waals surface area contributed by atoms with Crippen LogP contribution in [0.25, 0.3) is 0 Å². The van der Waals surface area contributed by atoms with Crippen LogP contribution in [0.5, 0.6) is 0 Å². The van der Waals surface area contributed by atoms with Crippen LogP contribution in [0.4, 0.5) is 0 Å². The van der Waals surface area contributed by atoms with Crippen LogP contribution in [0.1, 0.15) is 43.9 Å². The quantitative estimate of drug-likeness (QED) is 0.481. The summed E-state index contributed by atoms with van der Waals surface area (Å²) in [6.45, 7) is 10.2. The fourth-order valence-electron chi connectivity index (χ4n) is 2.54. The van der Waals surface area contributed by atoms with Gasteiger partial charge in [0.1, 0.15) is 6.10 Å². The minimum atomic E-state index is -0.0510. The van der Waals surface area contributed by atoms with E-state index >= 15 is 0 Å². The van der Waals surface area contributed by atoms with Crippen molar-refractivity contribution in [3.8, 4) is 11.8 Å². The molecular formula is C23H26OSi. The van der Waals surface area contributed by atoms with E-state index in [1.807, 2.05) is 6.92 Å². The molecule has 2 heteroatoms. The average Bonchev–Trinajstić information content (AvgIpc) is 2.61. The van der Waals surface area contributed by atoms with Gasteiger partial charge in [0, 0.05) is 5.54 Å². The zero-order valence-electron chi connectivity index (χ0n) is 15.3. The van der Waals surface area contributed by atoms with Gasteiger partial charge in [0.25, 0.3) is 0 Å². The second-order valence-corrected chi connectivity index (χ2v) is 7.71. The summed E-state index contributed by atoms with van der Waals surface area (Å²) in [5.74, 6) is 6.88. The van der Waals surface area contributed by atoms with E-state index in [0.29, 0.717) is 15.7 Å². The van der Waals surface area contributed by atoms with Crippen LogP contribution in [0.2, 0.25) is 0 Å². The summed E-state index contributed by atoms with van der Waals surface area (Å²) in [6, 6.07) is 21.1. The van der Waals surface area contributed by atoms with Crippen LogP contribution in [0.15, 0.2) is 72.8 Å². The molecule has 0 aromatic heterocycles. The lowest BCUT2D eigenvalue weighted by atomic mass is 10.0. The Kier molecular flexibility index (Phi) is 7.72. The van der Waals surface area contributed by atoms with Crippen molar-refractivity contribution in [1.29, 1.82) is 0 Å². The maximum absolute atomic E-state index is 6.29. The standard InChI is InChI=1S/C23H26OSi/c1-18(2)15-16-22(17-19(3)4)24-25-23(20-11-7-5-8-12-20)21-13-9-6-10-14-21/h5-14,19,22-23H,1,17H2,2-4H3. The summed E-state index contributed by atoms with van der Waals surface area (Å²) < 4.78 is 6.29. The van der Waals surface area contributed by atoms with Crippen LogP contribution in [0.3, 0.4) is 0 Å². The molecule has 0 aliphatic heterocycles. The van der Waals surface area contributed by atoms with Gasteiger partial charge in [-0.2, -0.15) is 0 Å². The minimum Gasteiger partial charge on any atom is -0.403 e. The second-order valence-electron chi connectivity index (χ2n) is 6.66. The fourth-order valence-corrected chi connectivity index (χ4v) is 3.65. The van der Waals surface area contributed by atoms with Crippen molar-refractivity contribution in [3.05, 3.63) is 83.9 Å². The number of allylic oxidation sites excluding steroid dienone is 1. The Morgan fingerprint density at radius 1 is 1.00 bits per heavy atom. The first-order chi connectivity index (χ1) is 12.1. The molecule has 0 amide bonds. The molecule has 0 aliphatic rings. The van der Waals surface area contributed by atoms with E-state index in [2.05, 4.69) is 92.9 Å². The van der Waals surface area contributed by atoms with Crippen LogP contribution in [-0.4, -0.2) is 15.9 Å². The third-order valence-corrected chi connectivity index (χ3v) is 5.05. The van der Waals surface area contributed by atoms with Crippen LogP contribution >= 0.6 is 0 Å². The molecule has 128 valence electrons. The van der Waals surface area contributed by atoms with Gasteiger partial charge in [0.15, 0.2) is 0 Å². The maximum atomic E-state index is 6.29. The van der Waals surface area contributed by atoms with E-state index in [1.165, 1.54) is 11.1 Å². The van der Waals surface area contributed by atoms with E-state index in [1.54, 1.807) is 0 Å². The van der Waals surface area contributed by atoms with Crippen molar-refractivity contribution in [2.75, 3.05) is 0 Å². The van der Waals surface area contributed by atoms with Crippen LogP contribution in [0, 0.1) is 17.8 Å². The topological polar surface area (TPSA) is 9.23 Å². The summed E-state index contributed by atoms with van der Waals surface area (Å²) in [5.41, 5.74) is 3.68. The number of hydrogen-bond acceptors (Lipinski definition) is 1. The first-order valence-corrected chi connectivity index (χ1v) is 9.73. The van der Waals surface area contributed by atoms with E-state index in [9.17, 15) is 0 Å². The van der Waals surface area contributed by atoms with Gasteiger partial charge in [0.05, 0.1) is 0 Å². The summed E-state index contributed by atoms with van der Waals surface area (Å²) in [5, 5.41) is 0. The zero-order valence-corrected chi connectivity index (χ0v) is 16.3. The molecule has 0 aliphatic carbocycles. The monoisotopic (exact) mass is 346 g/mol. The van der Waals surface area contributed by atoms with Gasteiger partial charge >= 0.3 is 0 Å². The summed E-state index contributed by atoms with van der Waals surface area (Å²) in [4.78, 5) is 0. The number of benzene rings is 2. The molecule has 0 spiro atoms. The molecule has 0 saturated heterocycles. The van der Waals surface area contributed by atoms with Crippen LogP contribution in [-0.2, 0) is 4.43 Å². The molecule has 1 unspecified atom stereocenters. The van der Waals surface area contributed by atoms with Crippen molar-refractivity contribution < 1.29 is 4.43 Å². The third-order valence-electron chi connectivity index (χ3n) is 3.73. The molecule has 0 fully saturated rings. The lowest BCUT2D eigenvalue weighted by Crippen LogP contribution is -2.21. The molecule has 2 aromatic carbocycles. The first-order valence-electron chi connectivity index (χ1n) is 8.74. The molecule has 0 N–H and O–H groups in total. The predicted octanol–water partition coefficient (Wildman–Crippen LogP) is 5.41. The lowest BCUT2D eigenvalue weighted by Gasteiger charge is -2.20. The van der Waals surface area contributed by atoms with E-state index in [4.69, 9.17) is 4.43 Å². The Morgan fingerprint density at radius 3 is 1.96 bits per heavy atom. The first kappa shape index (κ1) is 19.2. The molecule has 0 heterocycles. The van der Waals surface area contributed by atoms with Crippen molar-refractivity contribution in [1.82, 2.24) is 0 Å². The summed E-state index contributed by atoms with van der Waals surface area (Å²) in [6.07, 6.45) is 0.883. The Labute approximate surface area is 155 Å². The Bertz CT molecular complexity index is 671. The van der Waals surface area contributed by atoms with Crippen molar-refractivity contribution in [3.63, 3.8) is 0 Å². The largest absolute Gasteiger partial charge is 0.403 e. The van der Waals surface area contributed by atoms with Gasteiger partial charge in [-0.1, -0.05) is 92.9 Å². The molecule has 0 bridgehead atoms. The maximum Gasteiger partial charge on any atom is 0.244 e. The highest BCUT2D eigenvalue weighted by atomic mass is 28.2. The number of hydrogen-bond donors (Lipinski definition) is 0. The predicted molar refractivity (Wildman–Crippen MR) is 107 cm³/mol. The molecule has 2 rings (SSSR count). The average molecular weight is 347 g/mol. The van der Waals surface area contributed by atoms with E-state index in [-0.39, 0.29) is 11.6 Å². The molecular weight excluding hydrogens is 320 g/mol. The minimum absolute atomic E-state index is 0.0510. The van der Waals surface area contributed by atoms with Gasteiger partial charge in [-0.25, -0.2) is 0 Å². The fraction of sp³-hybridized carbons (Fsp3) is 0.304. The molecule has 25 heavy (non-hydrogen) atoms. The SMILES string of the molecule is C=C(C)C#CC(CC(C)C)O[Si]C(c1ccccc1)c1ccccc1. The Balaban J connectivity index is 2.18. The molecule has 1 atom stereocenters. The van der Waals surface area contributed by atoms with Gasteiger partial charge in [-0.05, 0) is 36.0 Å². The smallest absolute Gasteiger partial charge is 0.244 e.